The number of aromatic hydroxyl groups is 1. The number of nitrogens with one attached hydrogen (secondary N) is 1. The summed E-state index contributed by atoms with van der Waals surface area (Å²) >= 11 is 6.07. The summed E-state index contributed by atoms with van der Waals surface area (Å²) in [6.45, 7) is 0.647. The van der Waals surface area contributed by atoms with E-state index in [4.69, 9.17) is 11.6 Å². The zero-order chi connectivity index (χ0) is 19.3. The van der Waals surface area contributed by atoms with Crippen molar-refractivity contribution in [2.75, 3.05) is 5.32 Å². The number of anilines is 1. The van der Waals surface area contributed by atoms with Gasteiger partial charge in [0, 0.05) is 22.6 Å². The molecule has 0 saturated carbocycles. The van der Waals surface area contributed by atoms with Crippen LogP contribution in [0.25, 0.3) is 23.1 Å². The molecule has 4 heteroatoms. The van der Waals surface area contributed by atoms with E-state index < -0.39 is 0 Å². The number of phenolic OH excluding ortho intramolecular Hbond substituents is 1. The fraction of sp³-hybridized carbons (Fsp3) is 0.0417. The molecule has 1 heterocycles. The van der Waals surface area contributed by atoms with Crippen LogP contribution in [0.5, 0.6) is 5.75 Å². The third-order valence-electron chi connectivity index (χ3n) is 4.42. The van der Waals surface area contributed by atoms with Crippen LogP contribution in [-0.2, 0) is 6.54 Å². The largest absolute Gasteiger partial charge is 0.508 e. The van der Waals surface area contributed by atoms with Gasteiger partial charge >= 0.3 is 0 Å². The summed E-state index contributed by atoms with van der Waals surface area (Å²) in [6, 6.07) is 25.2. The molecule has 0 amide bonds. The minimum absolute atomic E-state index is 0.278. The first kappa shape index (κ1) is 18.1. The lowest BCUT2D eigenvalue weighted by Crippen LogP contribution is -1.99. The monoisotopic (exact) mass is 386 g/mol. The highest BCUT2D eigenvalue weighted by atomic mass is 35.5. The summed E-state index contributed by atoms with van der Waals surface area (Å²) in [5.41, 5.74) is 4.89. The third kappa shape index (κ3) is 4.51. The number of nitrogens with zero attached hydrogens (tertiary/aromatic N) is 1. The van der Waals surface area contributed by atoms with Crippen molar-refractivity contribution in [3.05, 3.63) is 101 Å². The molecule has 1 aromatic heterocycles. The average molecular weight is 387 g/mol. The highest BCUT2D eigenvalue weighted by Gasteiger charge is 1.99. The van der Waals surface area contributed by atoms with Gasteiger partial charge in [0.05, 0.1) is 11.2 Å². The van der Waals surface area contributed by atoms with Crippen LogP contribution < -0.4 is 5.32 Å². The summed E-state index contributed by atoms with van der Waals surface area (Å²) in [4.78, 5) is 4.65. The number of rotatable bonds is 5. The van der Waals surface area contributed by atoms with Gasteiger partial charge in [0.2, 0.25) is 0 Å². The van der Waals surface area contributed by atoms with Crippen molar-refractivity contribution in [1.29, 1.82) is 0 Å². The van der Waals surface area contributed by atoms with Gasteiger partial charge in [-0.2, -0.15) is 0 Å². The molecular weight excluding hydrogens is 368 g/mol. The number of hydrogen-bond acceptors (Lipinski definition) is 3. The summed E-state index contributed by atoms with van der Waals surface area (Å²) in [6.07, 6.45) is 4.03. The van der Waals surface area contributed by atoms with Gasteiger partial charge in [0.25, 0.3) is 0 Å². The van der Waals surface area contributed by atoms with Crippen molar-refractivity contribution >= 4 is 40.3 Å². The molecule has 0 aliphatic carbocycles. The van der Waals surface area contributed by atoms with Gasteiger partial charge in [-0.05, 0) is 59.7 Å². The Bertz CT molecular complexity index is 1150. The standard InChI is InChI=1S/C24H19ClN2O/c25-20-10-8-19-9-12-21(27-24(19)15-20)11-7-17-3-1-5-22(13-17)26-16-18-4-2-6-23(28)14-18/h1-15,26,28H,16H2/b11-7+. The van der Waals surface area contributed by atoms with Gasteiger partial charge in [0.1, 0.15) is 5.75 Å². The van der Waals surface area contributed by atoms with Crippen LogP contribution in [0, 0.1) is 0 Å². The number of hydrogen-bond donors (Lipinski definition) is 2. The van der Waals surface area contributed by atoms with E-state index in [0.717, 1.165) is 33.4 Å². The smallest absolute Gasteiger partial charge is 0.115 e. The Morgan fingerprint density at radius 3 is 2.64 bits per heavy atom. The van der Waals surface area contributed by atoms with Crippen LogP contribution in [-0.4, -0.2) is 10.1 Å². The Hall–Kier alpha value is -3.30. The summed E-state index contributed by atoms with van der Waals surface area (Å²) < 4.78 is 0. The maximum atomic E-state index is 9.56. The Morgan fingerprint density at radius 1 is 0.893 bits per heavy atom. The quantitative estimate of drug-likeness (QED) is 0.418. The number of halogens is 1. The molecule has 0 bridgehead atoms. The molecule has 2 N–H and O–H groups in total. The van der Waals surface area contributed by atoms with E-state index in [9.17, 15) is 5.11 Å². The molecule has 0 saturated heterocycles. The number of aromatic nitrogens is 1. The lowest BCUT2D eigenvalue weighted by atomic mass is 10.1. The fourth-order valence-electron chi connectivity index (χ4n) is 3.00. The molecule has 0 fully saturated rings. The van der Waals surface area contributed by atoms with Gasteiger partial charge < -0.3 is 10.4 Å². The zero-order valence-electron chi connectivity index (χ0n) is 15.1. The maximum absolute atomic E-state index is 9.56. The first-order valence-corrected chi connectivity index (χ1v) is 9.40. The fourth-order valence-corrected chi connectivity index (χ4v) is 3.17. The van der Waals surface area contributed by atoms with Gasteiger partial charge in [-0.3, -0.25) is 0 Å². The van der Waals surface area contributed by atoms with Crippen molar-refractivity contribution in [2.45, 2.75) is 6.54 Å². The number of benzene rings is 3. The highest BCUT2D eigenvalue weighted by molar-refractivity contribution is 6.31. The predicted molar refractivity (Wildman–Crippen MR) is 118 cm³/mol. The topological polar surface area (TPSA) is 45.1 Å². The first-order valence-electron chi connectivity index (χ1n) is 9.02. The summed E-state index contributed by atoms with van der Waals surface area (Å²) in [7, 11) is 0. The lowest BCUT2D eigenvalue weighted by molar-refractivity contribution is 0.474. The van der Waals surface area contributed by atoms with Gasteiger partial charge in [0.15, 0.2) is 0 Å². The Balaban J connectivity index is 1.48. The van der Waals surface area contributed by atoms with Crippen molar-refractivity contribution < 1.29 is 5.11 Å². The molecule has 0 atom stereocenters. The van der Waals surface area contributed by atoms with E-state index in [0.29, 0.717) is 11.6 Å². The second kappa shape index (κ2) is 8.15. The Kier molecular flexibility index (Phi) is 5.27. The molecule has 138 valence electrons. The van der Waals surface area contributed by atoms with Crippen LogP contribution in [0.2, 0.25) is 5.02 Å². The molecule has 4 rings (SSSR count). The van der Waals surface area contributed by atoms with Crippen LogP contribution in [0.15, 0.2) is 78.9 Å². The van der Waals surface area contributed by atoms with Crippen LogP contribution in [0.1, 0.15) is 16.8 Å². The molecular formula is C24H19ClN2O. The zero-order valence-corrected chi connectivity index (χ0v) is 15.9. The highest BCUT2D eigenvalue weighted by Crippen LogP contribution is 2.20. The predicted octanol–water partition coefficient (Wildman–Crippen LogP) is 6.38. The van der Waals surface area contributed by atoms with Crippen molar-refractivity contribution in [3.63, 3.8) is 0 Å². The minimum atomic E-state index is 0.278. The van der Waals surface area contributed by atoms with E-state index in [1.54, 1.807) is 12.1 Å². The molecule has 0 aliphatic rings. The van der Waals surface area contributed by atoms with Crippen LogP contribution >= 0.6 is 11.6 Å². The SMILES string of the molecule is Oc1cccc(CNc2cccc(/C=C/c3ccc4ccc(Cl)cc4n3)c2)c1. The second-order valence-corrected chi connectivity index (χ2v) is 6.99. The third-order valence-corrected chi connectivity index (χ3v) is 4.65. The summed E-state index contributed by atoms with van der Waals surface area (Å²) in [5, 5.41) is 14.7. The van der Waals surface area contributed by atoms with Gasteiger partial charge in [-0.25, -0.2) is 4.98 Å². The molecule has 3 nitrogen and oxygen atoms in total. The molecule has 0 aliphatic heterocycles. The number of phenols is 1. The van der Waals surface area contributed by atoms with Crippen LogP contribution in [0.4, 0.5) is 5.69 Å². The number of fused-ring (bicyclic) bond motifs is 1. The van der Waals surface area contributed by atoms with E-state index in [2.05, 4.69) is 16.4 Å². The van der Waals surface area contributed by atoms with Crippen molar-refractivity contribution in [3.8, 4) is 5.75 Å². The Labute approximate surface area is 168 Å². The summed E-state index contributed by atoms with van der Waals surface area (Å²) in [5.74, 6) is 0.278. The van der Waals surface area contributed by atoms with E-state index >= 15 is 0 Å². The lowest BCUT2D eigenvalue weighted by Gasteiger charge is -2.08. The molecule has 0 radical (unpaired) electrons. The van der Waals surface area contributed by atoms with Gasteiger partial charge in [-0.15, -0.1) is 0 Å². The van der Waals surface area contributed by atoms with E-state index in [-0.39, 0.29) is 5.75 Å². The molecule has 4 aromatic rings. The normalized spacial score (nSPS) is 11.2. The maximum Gasteiger partial charge on any atom is 0.115 e. The molecule has 3 aromatic carbocycles. The first-order chi connectivity index (χ1) is 13.7. The Morgan fingerprint density at radius 2 is 1.75 bits per heavy atom. The average Bonchev–Trinajstić information content (AvgIpc) is 2.71. The van der Waals surface area contributed by atoms with Crippen molar-refractivity contribution in [2.24, 2.45) is 0 Å². The van der Waals surface area contributed by atoms with Gasteiger partial charge in [-0.1, -0.05) is 54.1 Å². The minimum Gasteiger partial charge on any atom is -0.508 e. The molecule has 28 heavy (non-hydrogen) atoms. The van der Waals surface area contributed by atoms with Crippen LogP contribution in [0.3, 0.4) is 0 Å². The van der Waals surface area contributed by atoms with E-state index in [1.165, 1.54) is 0 Å². The molecule has 0 spiro atoms. The number of pyridine rings is 1. The van der Waals surface area contributed by atoms with Crippen molar-refractivity contribution in [1.82, 2.24) is 4.98 Å². The second-order valence-electron chi connectivity index (χ2n) is 6.56. The molecule has 0 unspecified atom stereocenters. The van der Waals surface area contributed by atoms with E-state index in [1.807, 2.05) is 72.8 Å².